The highest BCUT2D eigenvalue weighted by molar-refractivity contribution is 5.86. The highest BCUT2D eigenvalue weighted by Crippen LogP contribution is 2.33. The van der Waals surface area contributed by atoms with Crippen molar-refractivity contribution in [3.05, 3.63) is 83.9 Å². The highest BCUT2D eigenvalue weighted by atomic mass is 16.3. The molecule has 0 fully saturated rings. The minimum absolute atomic E-state index is 0.909. The maximum atomic E-state index is 11.0. The predicted octanol–water partition coefficient (Wildman–Crippen LogP) is 4.10. The van der Waals surface area contributed by atoms with Gasteiger partial charge in [0.1, 0.15) is 5.60 Å². The third-order valence-electron chi connectivity index (χ3n) is 3.65. The van der Waals surface area contributed by atoms with Gasteiger partial charge in [-0.15, -0.1) is 0 Å². The summed E-state index contributed by atoms with van der Waals surface area (Å²) in [5.41, 5.74) is 0.866. The van der Waals surface area contributed by atoms with Crippen molar-refractivity contribution in [3.8, 4) is 0 Å². The van der Waals surface area contributed by atoms with E-state index in [1.54, 1.807) is 0 Å². The van der Waals surface area contributed by atoms with Gasteiger partial charge in [-0.25, -0.2) is 0 Å². The molecule has 0 saturated carbocycles. The molecule has 0 aliphatic carbocycles. The summed E-state index contributed by atoms with van der Waals surface area (Å²) in [6.07, 6.45) is 0. The Morgan fingerprint density at radius 1 is 0.737 bits per heavy atom. The number of hydrogen-bond acceptors (Lipinski definition) is 1. The molecule has 3 aromatic rings. The second kappa shape index (κ2) is 4.52. The van der Waals surface area contributed by atoms with Crippen molar-refractivity contribution in [2.24, 2.45) is 0 Å². The fourth-order valence-corrected chi connectivity index (χ4v) is 2.57. The second-order valence-corrected chi connectivity index (χ2v) is 4.96. The predicted molar refractivity (Wildman–Crippen MR) is 79.1 cm³/mol. The first-order valence-electron chi connectivity index (χ1n) is 6.46. The van der Waals surface area contributed by atoms with Crippen LogP contribution in [0.4, 0.5) is 0 Å². The number of fused-ring (bicyclic) bond motifs is 1. The largest absolute Gasteiger partial charge is 0.381 e. The van der Waals surface area contributed by atoms with Crippen LogP contribution < -0.4 is 0 Å². The van der Waals surface area contributed by atoms with E-state index in [1.165, 1.54) is 0 Å². The zero-order valence-corrected chi connectivity index (χ0v) is 10.9. The van der Waals surface area contributed by atoms with E-state index in [0.717, 1.165) is 21.9 Å². The quantitative estimate of drug-likeness (QED) is 0.724. The van der Waals surface area contributed by atoms with Crippen molar-refractivity contribution in [2.75, 3.05) is 0 Å². The zero-order chi connectivity index (χ0) is 13.3. The minimum Gasteiger partial charge on any atom is -0.381 e. The average Bonchev–Trinajstić information content (AvgIpc) is 2.47. The zero-order valence-electron chi connectivity index (χ0n) is 10.9. The second-order valence-electron chi connectivity index (χ2n) is 4.96. The Bertz CT molecular complexity index is 694. The Morgan fingerprint density at radius 3 is 2.16 bits per heavy atom. The summed E-state index contributed by atoms with van der Waals surface area (Å²) in [7, 11) is 0. The van der Waals surface area contributed by atoms with Crippen LogP contribution >= 0.6 is 0 Å². The Hall–Kier alpha value is -2.12. The monoisotopic (exact) mass is 248 g/mol. The molecule has 0 radical (unpaired) electrons. The molecule has 0 aliphatic heterocycles. The van der Waals surface area contributed by atoms with E-state index in [1.807, 2.05) is 61.5 Å². The number of benzene rings is 3. The molecule has 1 N–H and O–H groups in total. The molecule has 1 atom stereocenters. The topological polar surface area (TPSA) is 20.2 Å². The lowest BCUT2D eigenvalue weighted by molar-refractivity contribution is 0.104. The minimum atomic E-state index is -0.984. The Morgan fingerprint density at radius 2 is 1.37 bits per heavy atom. The van der Waals surface area contributed by atoms with Gasteiger partial charge in [0, 0.05) is 0 Å². The van der Waals surface area contributed by atoms with Gasteiger partial charge in [0.25, 0.3) is 0 Å². The van der Waals surface area contributed by atoms with Crippen molar-refractivity contribution >= 4 is 10.8 Å². The molecule has 0 heterocycles. The van der Waals surface area contributed by atoms with Gasteiger partial charge in [-0.2, -0.15) is 0 Å². The van der Waals surface area contributed by atoms with Crippen LogP contribution in [0, 0.1) is 0 Å². The van der Waals surface area contributed by atoms with Gasteiger partial charge in [-0.3, -0.25) is 0 Å². The van der Waals surface area contributed by atoms with Crippen molar-refractivity contribution < 1.29 is 5.11 Å². The summed E-state index contributed by atoms with van der Waals surface area (Å²) in [5, 5.41) is 13.2. The Labute approximate surface area is 113 Å². The number of aliphatic hydroxyl groups is 1. The number of rotatable bonds is 2. The first-order chi connectivity index (χ1) is 9.19. The van der Waals surface area contributed by atoms with Crippen molar-refractivity contribution in [1.29, 1.82) is 0 Å². The standard InChI is InChI=1S/C18H16O/c1-18(19,15-10-3-2-4-11-15)17-13-7-9-14-8-5-6-12-16(14)17/h2-13,19H,1H3. The van der Waals surface area contributed by atoms with E-state index in [2.05, 4.69) is 18.2 Å². The third-order valence-corrected chi connectivity index (χ3v) is 3.65. The van der Waals surface area contributed by atoms with E-state index in [0.29, 0.717) is 0 Å². The van der Waals surface area contributed by atoms with Crippen LogP contribution in [0.3, 0.4) is 0 Å². The fraction of sp³-hybridized carbons (Fsp3) is 0.111. The van der Waals surface area contributed by atoms with Crippen LogP contribution in [0.15, 0.2) is 72.8 Å². The molecule has 0 aliphatic rings. The molecule has 0 saturated heterocycles. The van der Waals surface area contributed by atoms with Crippen molar-refractivity contribution in [3.63, 3.8) is 0 Å². The average molecular weight is 248 g/mol. The summed E-state index contributed by atoms with van der Waals surface area (Å²) in [6, 6.07) is 24.0. The summed E-state index contributed by atoms with van der Waals surface area (Å²) in [4.78, 5) is 0. The van der Waals surface area contributed by atoms with Crippen molar-refractivity contribution in [2.45, 2.75) is 12.5 Å². The number of hydrogen-bond donors (Lipinski definition) is 1. The lowest BCUT2D eigenvalue weighted by Gasteiger charge is -2.26. The van der Waals surface area contributed by atoms with Gasteiger partial charge in [0.05, 0.1) is 0 Å². The summed E-state index contributed by atoms with van der Waals surface area (Å²) >= 11 is 0. The van der Waals surface area contributed by atoms with Crippen LogP contribution in [-0.2, 0) is 5.60 Å². The van der Waals surface area contributed by atoms with Gasteiger partial charge in [-0.1, -0.05) is 72.8 Å². The van der Waals surface area contributed by atoms with Gasteiger partial charge in [0.2, 0.25) is 0 Å². The molecule has 94 valence electrons. The molecule has 1 nitrogen and oxygen atoms in total. The van der Waals surface area contributed by atoms with Crippen LogP contribution in [0.5, 0.6) is 0 Å². The van der Waals surface area contributed by atoms with Crippen molar-refractivity contribution in [1.82, 2.24) is 0 Å². The highest BCUT2D eigenvalue weighted by Gasteiger charge is 2.26. The van der Waals surface area contributed by atoms with Crippen LogP contribution in [0.2, 0.25) is 0 Å². The van der Waals surface area contributed by atoms with E-state index < -0.39 is 5.60 Å². The van der Waals surface area contributed by atoms with Gasteiger partial charge < -0.3 is 5.11 Å². The maximum Gasteiger partial charge on any atom is 0.112 e. The summed E-state index contributed by atoms with van der Waals surface area (Å²) in [6.45, 7) is 1.85. The molecule has 0 amide bonds. The smallest absolute Gasteiger partial charge is 0.112 e. The molecule has 0 spiro atoms. The first kappa shape index (κ1) is 11.9. The molecule has 3 aromatic carbocycles. The van der Waals surface area contributed by atoms with Gasteiger partial charge in [0.15, 0.2) is 0 Å². The molecule has 3 rings (SSSR count). The molecule has 0 aromatic heterocycles. The van der Waals surface area contributed by atoms with E-state index in [-0.39, 0.29) is 0 Å². The Balaban J connectivity index is 2.24. The molecule has 19 heavy (non-hydrogen) atoms. The normalized spacial score (nSPS) is 14.2. The Kier molecular flexibility index (Phi) is 2.84. The van der Waals surface area contributed by atoms with Gasteiger partial charge >= 0.3 is 0 Å². The molecule has 0 bridgehead atoms. The molecule has 1 unspecified atom stereocenters. The van der Waals surface area contributed by atoms with Crippen LogP contribution in [0.25, 0.3) is 10.8 Å². The molecule has 1 heteroatoms. The lowest BCUT2D eigenvalue weighted by Crippen LogP contribution is -2.22. The van der Waals surface area contributed by atoms with E-state index in [4.69, 9.17) is 0 Å². The third kappa shape index (κ3) is 2.02. The molecular weight excluding hydrogens is 232 g/mol. The fourth-order valence-electron chi connectivity index (χ4n) is 2.57. The molecular formula is C18H16O. The lowest BCUT2D eigenvalue weighted by atomic mass is 9.85. The maximum absolute atomic E-state index is 11.0. The SMILES string of the molecule is CC(O)(c1ccccc1)c1cccc2ccccc12. The summed E-state index contributed by atoms with van der Waals surface area (Å²) < 4.78 is 0. The first-order valence-corrected chi connectivity index (χ1v) is 6.46. The van der Waals surface area contributed by atoms with E-state index in [9.17, 15) is 5.11 Å². The van der Waals surface area contributed by atoms with Crippen LogP contribution in [-0.4, -0.2) is 5.11 Å². The summed E-state index contributed by atoms with van der Waals surface area (Å²) in [5.74, 6) is 0. The van der Waals surface area contributed by atoms with Gasteiger partial charge in [-0.05, 0) is 28.8 Å². The van der Waals surface area contributed by atoms with Crippen LogP contribution in [0.1, 0.15) is 18.1 Å². The van der Waals surface area contributed by atoms with E-state index >= 15 is 0 Å².